The van der Waals surface area contributed by atoms with Gasteiger partial charge in [0.2, 0.25) is 0 Å². The lowest BCUT2D eigenvalue weighted by Crippen LogP contribution is -2.25. The quantitative estimate of drug-likeness (QED) is 0.921. The maximum Gasteiger partial charge on any atom is 0.0894 e. The summed E-state index contributed by atoms with van der Waals surface area (Å²) in [6, 6.07) is 8.84. The van der Waals surface area contributed by atoms with Gasteiger partial charge in [-0.15, -0.1) is 5.10 Å². The third-order valence-corrected chi connectivity index (χ3v) is 4.20. The van der Waals surface area contributed by atoms with Crippen molar-refractivity contribution in [2.45, 2.75) is 18.9 Å². The van der Waals surface area contributed by atoms with Crippen molar-refractivity contribution in [1.82, 2.24) is 15.0 Å². The number of thioether (sulfide) groups is 1. The van der Waals surface area contributed by atoms with Crippen LogP contribution in [-0.4, -0.2) is 32.5 Å². The Morgan fingerprint density at radius 3 is 2.83 bits per heavy atom. The summed E-state index contributed by atoms with van der Waals surface area (Å²) in [7, 11) is 0. The van der Waals surface area contributed by atoms with E-state index in [9.17, 15) is 0 Å². The van der Waals surface area contributed by atoms with Gasteiger partial charge in [-0.2, -0.15) is 11.8 Å². The zero-order chi connectivity index (χ0) is 12.2. The molecule has 1 fully saturated rings. The van der Waals surface area contributed by atoms with Crippen LogP contribution in [0.4, 0.5) is 5.69 Å². The Morgan fingerprint density at radius 1 is 1.22 bits per heavy atom. The molecule has 4 nitrogen and oxygen atoms in total. The molecule has 3 rings (SSSR count). The predicted octanol–water partition coefficient (Wildman–Crippen LogP) is 2.57. The van der Waals surface area contributed by atoms with Gasteiger partial charge in [0.1, 0.15) is 0 Å². The lowest BCUT2D eigenvalue weighted by Gasteiger charge is -2.24. The van der Waals surface area contributed by atoms with E-state index in [1.54, 1.807) is 10.9 Å². The predicted molar refractivity (Wildman–Crippen MR) is 75.3 cm³/mol. The van der Waals surface area contributed by atoms with Gasteiger partial charge >= 0.3 is 0 Å². The van der Waals surface area contributed by atoms with E-state index in [4.69, 9.17) is 0 Å². The first kappa shape index (κ1) is 11.6. The summed E-state index contributed by atoms with van der Waals surface area (Å²) in [5, 5.41) is 11.6. The molecular formula is C13H16N4S. The van der Waals surface area contributed by atoms with Gasteiger partial charge in [-0.05, 0) is 36.5 Å². The molecule has 0 aliphatic carbocycles. The summed E-state index contributed by atoms with van der Waals surface area (Å²) in [5.74, 6) is 2.51. The van der Waals surface area contributed by atoms with Crippen LogP contribution in [0.25, 0.3) is 5.69 Å². The molecule has 0 amide bonds. The highest BCUT2D eigenvalue weighted by Crippen LogP contribution is 2.24. The smallest absolute Gasteiger partial charge is 0.0894 e. The number of para-hydroxylation sites is 2. The molecule has 1 aromatic heterocycles. The number of hydrogen-bond acceptors (Lipinski definition) is 4. The molecule has 0 radical (unpaired) electrons. The number of anilines is 1. The molecule has 5 heteroatoms. The van der Waals surface area contributed by atoms with Crippen LogP contribution in [0.15, 0.2) is 36.7 Å². The average molecular weight is 260 g/mol. The third-order valence-electron chi connectivity index (χ3n) is 3.15. The highest BCUT2D eigenvalue weighted by atomic mass is 32.2. The molecule has 0 saturated carbocycles. The Balaban J connectivity index is 1.83. The van der Waals surface area contributed by atoms with Crippen molar-refractivity contribution in [2.24, 2.45) is 0 Å². The standard InChI is InChI=1S/C13H16N4S/c1-2-4-13(17-8-7-14-16-17)12(3-1)15-11-5-9-18-10-6-11/h1-4,7-8,11,15H,5-6,9-10H2. The monoisotopic (exact) mass is 260 g/mol. The molecule has 1 saturated heterocycles. The molecule has 1 aromatic carbocycles. The SMILES string of the molecule is c1ccc(-n2ccnn2)c(NC2CCSCC2)c1. The number of benzene rings is 1. The van der Waals surface area contributed by atoms with E-state index in [1.165, 1.54) is 24.3 Å². The van der Waals surface area contributed by atoms with Gasteiger partial charge in [0, 0.05) is 6.04 Å². The minimum Gasteiger partial charge on any atom is -0.381 e. The van der Waals surface area contributed by atoms with Gasteiger partial charge in [-0.1, -0.05) is 17.3 Å². The maximum atomic E-state index is 4.06. The maximum absolute atomic E-state index is 4.06. The van der Waals surface area contributed by atoms with Crippen LogP contribution in [0.5, 0.6) is 0 Å². The van der Waals surface area contributed by atoms with E-state index in [-0.39, 0.29) is 0 Å². The largest absolute Gasteiger partial charge is 0.381 e. The molecule has 94 valence electrons. The first-order chi connectivity index (χ1) is 8.93. The molecule has 1 aliphatic rings. The van der Waals surface area contributed by atoms with E-state index in [2.05, 4.69) is 33.8 Å². The molecule has 0 unspecified atom stereocenters. The minimum atomic E-state index is 0.580. The van der Waals surface area contributed by atoms with Crippen LogP contribution in [-0.2, 0) is 0 Å². The fraction of sp³-hybridized carbons (Fsp3) is 0.385. The van der Waals surface area contributed by atoms with Crippen LogP contribution in [0.2, 0.25) is 0 Å². The van der Waals surface area contributed by atoms with E-state index in [1.807, 2.05) is 24.0 Å². The Labute approximate surface area is 111 Å². The van der Waals surface area contributed by atoms with Gasteiger partial charge in [-0.3, -0.25) is 0 Å². The molecule has 1 aliphatic heterocycles. The van der Waals surface area contributed by atoms with Crippen molar-refractivity contribution in [1.29, 1.82) is 0 Å². The van der Waals surface area contributed by atoms with Gasteiger partial charge in [0.15, 0.2) is 0 Å². The van der Waals surface area contributed by atoms with E-state index < -0.39 is 0 Å². The van der Waals surface area contributed by atoms with Crippen molar-refractivity contribution >= 4 is 17.4 Å². The summed E-state index contributed by atoms with van der Waals surface area (Å²) < 4.78 is 1.81. The number of rotatable bonds is 3. The second-order valence-corrected chi connectivity index (χ2v) is 5.62. The van der Waals surface area contributed by atoms with Crippen LogP contribution >= 0.6 is 11.8 Å². The minimum absolute atomic E-state index is 0.580. The van der Waals surface area contributed by atoms with Crippen LogP contribution in [0.1, 0.15) is 12.8 Å². The van der Waals surface area contributed by atoms with Gasteiger partial charge in [-0.25, -0.2) is 4.68 Å². The van der Waals surface area contributed by atoms with Crippen molar-refractivity contribution in [3.63, 3.8) is 0 Å². The normalized spacial score (nSPS) is 16.7. The van der Waals surface area contributed by atoms with E-state index in [0.29, 0.717) is 6.04 Å². The molecule has 1 N–H and O–H groups in total. The first-order valence-electron chi connectivity index (χ1n) is 6.23. The lowest BCUT2D eigenvalue weighted by molar-refractivity contribution is 0.665. The summed E-state index contributed by atoms with van der Waals surface area (Å²) in [4.78, 5) is 0. The van der Waals surface area contributed by atoms with Crippen molar-refractivity contribution in [2.75, 3.05) is 16.8 Å². The molecule has 2 aromatic rings. The van der Waals surface area contributed by atoms with Gasteiger partial charge in [0.05, 0.1) is 23.8 Å². The van der Waals surface area contributed by atoms with Crippen molar-refractivity contribution in [3.05, 3.63) is 36.7 Å². The average Bonchev–Trinajstić information content (AvgIpc) is 2.94. The highest BCUT2D eigenvalue weighted by molar-refractivity contribution is 7.99. The lowest BCUT2D eigenvalue weighted by atomic mass is 10.1. The fourth-order valence-corrected chi connectivity index (χ4v) is 3.30. The van der Waals surface area contributed by atoms with Crippen LogP contribution in [0, 0.1) is 0 Å². The highest BCUT2D eigenvalue weighted by Gasteiger charge is 2.15. The Morgan fingerprint density at radius 2 is 2.06 bits per heavy atom. The summed E-state index contributed by atoms with van der Waals surface area (Å²) in [6.07, 6.45) is 6.04. The molecule has 0 atom stereocenters. The third kappa shape index (κ3) is 2.51. The number of nitrogens with one attached hydrogen (secondary N) is 1. The zero-order valence-corrected chi connectivity index (χ0v) is 10.9. The molecule has 18 heavy (non-hydrogen) atoms. The number of nitrogens with zero attached hydrogens (tertiary/aromatic N) is 3. The summed E-state index contributed by atoms with van der Waals surface area (Å²) in [5.41, 5.74) is 2.20. The summed E-state index contributed by atoms with van der Waals surface area (Å²) in [6.45, 7) is 0. The molecular weight excluding hydrogens is 244 g/mol. The Hall–Kier alpha value is -1.49. The second-order valence-electron chi connectivity index (χ2n) is 4.40. The first-order valence-corrected chi connectivity index (χ1v) is 7.39. The van der Waals surface area contributed by atoms with Gasteiger partial charge < -0.3 is 5.32 Å². The summed E-state index contributed by atoms with van der Waals surface area (Å²) >= 11 is 2.04. The Kier molecular flexibility index (Phi) is 3.50. The number of aromatic nitrogens is 3. The van der Waals surface area contributed by atoms with E-state index in [0.717, 1.165) is 11.4 Å². The second kappa shape index (κ2) is 5.44. The Bertz CT molecular complexity index is 491. The molecule has 0 bridgehead atoms. The van der Waals surface area contributed by atoms with Crippen LogP contribution < -0.4 is 5.32 Å². The van der Waals surface area contributed by atoms with Crippen molar-refractivity contribution < 1.29 is 0 Å². The van der Waals surface area contributed by atoms with Crippen LogP contribution in [0.3, 0.4) is 0 Å². The number of hydrogen-bond donors (Lipinski definition) is 1. The molecule has 0 spiro atoms. The van der Waals surface area contributed by atoms with Crippen molar-refractivity contribution in [3.8, 4) is 5.69 Å². The van der Waals surface area contributed by atoms with Gasteiger partial charge in [0.25, 0.3) is 0 Å². The molecule has 2 heterocycles. The van der Waals surface area contributed by atoms with E-state index >= 15 is 0 Å². The topological polar surface area (TPSA) is 42.7 Å². The zero-order valence-electron chi connectivity index (χ0n) is 10.1. The fourth-order valence-electron chi connectivity index (χ4n) is 2.19.